The molecule has 0 aromatic heterocycles. The highest BCUT2D eigenvalue weighted by Crippen LogP contribution is 2.29. The predicted octanol–water partition coefficient (Wildman–Crippen LogP) is 2.89. The minimum Gasteiger partial charge on any atom is -0.478 e. The summed E-state index contributed by atoms with van der Waals surface area (Å²) in [6, 6.07) is 4.45. The number of nitrogens with one attached hydrogen (secondary N) is 1. The minimum atomic E-state index is -4.40. The highest BCUT2D eigenvalue weighted by atomic mass is 19.4. The van der Waals surface area contributed by atoms with Gasteiger partial charge in [0, 0.05) is 17.7 Å². The van der Waals surface area contributed by atoms with Crippen LogP contribution < -0.4 is 5.32 Å². The standard InChI is InChI=1S/C15H14F3NO3/c16-15(17,18)10-6-4-9(5-7-10)8-19-13(20)11-2-1-3-12(11)14(21)22/h4-7H,1-3,8H2,(H,19,20)(H,21,22). The van der Waals surface area contributed by atoms with Crippen LogP contribution in [-0.4, -0.2) is 17.0 Å². The highest BCUT2D eigenvalue weighted by molar-refractivity contribution is 6.02. The van der Waals surface area contributed by atoms with Gasteiger partial charge in [0.15, 0.2) is 0 Å². The van der Waals surface area contributed by atoms with Crippen molar-refractivity contribution in [2.75, 3.05) is 0 Å². The van der Waals surface area contributed by atoms with E-state index in [-0.39, 0.29) is 17.7 Å². The van der Waals surface area contributed by atoms with Crippen LogP contribution in [0.2, 0.25) is 0 Å². The number of benzene rings is 1. The Morgan fingerprint density at radius 2 is 1.68 bits per heavy atom. The van der Waals surface area contributed by atoms with E-state index in [0.29, 0.717) is 24.8 Å². The molecular formula is C15H14F3NO3. The molecule has 118 valence electrons. The van der Waals surface area contributed by atoms with Gasteiger partial charge >= 0.3 is 12.1 Å². The van der Waals surface area contributed by atoms with E-state index in [9.17, 15) is 22.8 Å². The van der Waals surface area contributed by atoms with E-state index < -0.39 is 23.6 Å². The normalized spacial score (nSPS) is 15.0. The lowest BCUT2D eigenvalue weighted by Gasteiger charge is -2.09. The third-order valence-corrected chi connectivity index (χ3v) is 3.48. The van der Waals surface area contributed by atoms with Gasteiger partial charge in [-0.2, -0.15) is 13.2 Å². The zero-order chi connectivity index (χ0) is 16.3. The highest BCUT2D eigenvalue weighted by Gasteiger charge is 2.30. The van der Waals surface area contributed by atoms with Crippen LogP contribution in [-0.2, 0) is 22.3 Å². The van der Waals surface area contributed by atoms with Gasteiger partial charge < -0.3 is 10.4 Å². The molecule has 0 unspecified atom stereocenters. The van der Waals surface area contributed by atoms with Crippen LogP contribution in [0.15, 0.2) is 35.4 Å². The van der Waals surface area contributed by atoms with Crippen molar-refractivity contribution in [3.8, 4) is 0 Å². The van der Waals surface area contributed by atoms with E-state index in [2.05, 4.69) is 5.32 Å². The summed E-state index contributed by atoms with van der Waals surface area (Å²) in [7, 11) is 0. The number of carboxylic acids is 1. The molecule has 1 amide bonds. The molecule has 0 atom stereocenters. The number of aliphatic carboxylic acids is 1. The van der Waals surface area contributed by atoms with Crippen LogP contribution in [0.4, 0.5) is 13.2 Å². The molecule has 0 fully saturated rings. The van der Waals surface area contributed by atoms with Gasteiger partial charge in [0.05, 0.1) is 5.56 Å². The number of rotatable bonds is 4. The van der Waals surface area contributed by atoms with E-state index >= 15 is 0 Å². The molecule has 1 aliphatic rings. The molecule has 2 N–H and O–H groups in total. The Kier molecular flexibility index (Phi) is 4.54. The maximum absolute atomic E-state index is 12.4. The molecule has 2 rings (SSSR count). The summed E-state index contributed by atoms with van der Waals surface area (Å²) in [6.45, 7) is 0.0490. The van der Waals surface area contributed by atoms with Crippen LogP contribution in [0.3, 0.4) is 0 Å². The number of alkyl halides is 3. The number of amides is 1. The first-order valence-electron chi connectivity index (χ1n) is 6.68. The van der Waals surface area contributed by atoms with Crippen LogP contribution >= 0.6 is 0 Å². The molecule has 1 aromatic carbocycles. The topological polar surface area (TPSA) is 66.4 Å². The van der Waals surface area contributed by atoms with E-state index in [1.54, 1.807) is 0 Å². The van der Waals surface area contributed by atoms with Gasteiger partial charge in [-0.15, -0.1) is 0 Å². The van der Waals surface area contributed by atoms with Gasteiger partial charge in [0.25, 0.3) is 0 Å². The Labute approximate surface area is 124 Å². The third-order valence-electron chi connectivity index (χ3n) is 3.48. The van der Waals surface area contributed by atoms with Crippen LogP contribution in [0.5, 0.6) is 0 Å². The van der Waals surface area contributed by atoms with Gasteiger partial charge in [0.2, 0.25) is 5.91 Å². The lowest BCUT2D eigenvalue weighted by atomic mass is 10.1. The van der Waals surface area contributed by atoms with Crippen LogP contribution in [0, 0.1) is 0 Å². The SMILES string of the molecule is O=C(O)C1=C(C(=O)NCc2ccc(C(F)(F)F)cc2)CCC1. The average molecular weight is 313 g/mol. The molecular weight excluding hydrogens is 299 g/mol. The van der Waals surface area contributed by atoms with Crippen molar-refractivity contribution >= 4 is 11.9 Å². The summed E-state index contributed by atoms with van der Waals surface area (Å²) >= 11 is 0. The first-order valence-corrected chi connectivity index (χ1v) is 6.68. The lowest BCUT2D eigenvalue weighted by molar-refractivity contribution is -0.137. The molecule has 1 aliphatic carbocycles. The van der Waals surface area contributed by atoms with Gasteiger partial charge in [-0.05, 0) is 37.0 Å². The Morgan fingerprint density at radius 3 is 2.23 bits per heavy atom. The Bertz CT molecular complexity index is 618. The van der Waals surface area contributed by atoms with Crippen molar-refractivity contribution in [1.29, 1.82) is 0 Å². The largest absolute Gasteiger partial charge is 0.478 e. The fraction of sp³-hybridized carbons (Fsp3) is 0.333. The minimum absolute atomic E-state index is 0.0490. The van der Waals surface area contributed by atoms with E-state index in [0.717, 1.165) is 12.1 Å². The van der Waals surface area contributed by atoms with Gasteiger partial charge in [-0.25, -0.2) is 4.79 Å². The second kappa shape index (κ2) is 6.21. The summed E-state index contributed by atoms with van der Waals surface area (Å²) in [5.74, 6) is -1.58. The second-order valence-electron chi connectivity index (χ2n) is 4.99. The van der Waals surface area contributed by atoms with Crippen molar-refractivity contribution in [3.05, 3.63) is 46.5 Å². The van der Waals surface area contributed by atoms with Gasteiger partial charge in [-0.3, -0.25) is 4.79 Å². The molecule has 0 saturated carbocycles. The van der Waals surface area contributed by atoms with E-state index in [1.165, 1.54) is 12.1 Å². The second-order valence-corrected chi connectivity index (χ2v) is 4.99. The molecule has 4 nitrogen and oxygen atoms in total. The molecule has 0 aliphatic heterocycles. The summed E-state index contributed by atoms with van der Waals surface area (Å²) in [5.41, 5.74) is 0.121. The first-order chi connectivity index (χ1) is 10.3. The van der Waals surface area contributed by atoms with E-state index in [4.69, 9.17) is 5.11 Å². The molecule has 0 heterocycles. The Balaban J connectivity index is 2.00. The molecule has 0 radical (unpaired) electrons. The number of carbonyl (C=O) groups excluding carboxylic acids is 1. The molecule has 1 aromatic rings. The molecule has 0 spiro atoms. The summed E-state index contributed by atoms with van der Waals surface area (Å²) in [5, 5.41) is 11.5. The molecule has 0 bridgehead atoms. The Morgan fingerprint density at radius 1 is 1.09 bits per heavy atom. The first kappa shape index (κ1) is 16.1. The van der Waals surface area contributed by atoms with Crippen molar-refractivity contribution in [1.82, 2.24) is 5.32 Å². The molecule has 7 heteroatoms. The van der Waals surface area contributed by atoms with Crippen molar-refractivity contribution in [3.63, 3.8) is 0 Å². The third kappa shape index (κ3) is 3.66. The zero-order valence-electron chi connectivity index (χ0n) is 11.5. The van der Waals surface area contributed by atoms with Crippen LogP contribution in [0.1, 0.15) is 30.4 Å². The lowest BCUT2D eigenvalue weighted by Crippen LogP contribution is -2.25. The number of halogens is 3. The maximum atomic E-state index is 12.4. The number of carbonyl (C=O) groups is 2. The fourth-order valence-corrected chi connectivity index (χ4v) is 2.33. The average Bonchev–Trinajstić information content (AvgIpc) is 2.94. The van der Waals surface area contributed by atoms with Gasteiger partial charge in [0.1, 0.15) is 0 Å². The number of hydrogen-bond acceptors (Lipinski definition) is 2. The van der Waals surface area contributed by atoms with Crippen molar-refractivity contribution in [2.45, 2.75) is 32.0 Å². The van der Waals surface area contributed by atoms with Gasteiger partial charge in [-0.1, -0.05) is 12.1 Å². The molecule has 0 saturated heterocycles. The fourth-order valence-electron chi connectivity index (χ4n) is 2.33. The zero-order valence-corrected chi connectivity index (χ0v) is 11.5. The Hall–Kier alpha value is -2.31. The van der Waals surface area contributed by atoms with Crippen molar-refractivity contribution in [2.24, 2.45) is 0 Å². The smallest absolute Gasteiger partial charge is 0.416 e. The summed E-state index contributed by atoms with van der Waals surface area (Å²) in [6.07, 6.45) is -3.02. The maximum Gasteiger partial charge on any atom is 0.416 e. The van der Waals surface area contributed by atoms with Crippen LogP contribution in [0.25, 0.3) is 0 Å². The summed E-state index contributed by atoms with van der Waals surface area (Å²) < 4.78 is 37.3. The monoisotopic (exact) mass is 313 g/mol. The number of carboxylic acid groups (broad SMARTS) is 1. The summed E-state index contributed by atoms with van der Waals surface area (Å²) in [4.78, 5) is 22.9. The van der Waals surface area contributed by atoms with Crippen molar-refractivity contribution < 1.29 is 27.9 Å². The van der Waals surface area contributed by atoms with E-state index in [1.807, 2.05) is 0 Å². The quantitative estimate of drug-likeness (QED) is 0.898. The predicted molar refractivity (Wildman–Crippen MR) is 71.8 cm³/mol. The molecule has 22 heavy (non-hydrogen) atoms. The number of hydrogen-bond donors (Lipinski definition) is 2.